The SMILES string of the molecule is COc1ccccc1-n1nc(C)c(C)c1N. The van der Waals surface area contributed by atoms with Crippen LogP contribution < -0.4 is 10.5 Å². The van der Waals surface area contributed by atoms with E-state index in [1.807, 2.05) is 38.1 Å². The maximum absolute atomic E-state index is 6.00. The smallest absolute Gasteiger partial charge is 0.144 e. The van der Waals surface area contributed by atoms with Gasteiger partial charge in [-0.05, 0) is 26.0 Å². The van der Waals surface area contributed by atoms with Crippen LogP contribution in [0.3, 0.4) is 0 Å². The van der Waals surface area contributed by atoms with E-state index in [1.54, 1.807) is 11.8 Å². The lowest BCUT2D eigenvalue weighted by atomic mass is 10.2. The molecule has 16 heavy (non-hydrogen) atoms. The van der Waals surface area contributed by atoms with Gasteiger partial charge in [0.15, 0.2) is 0 Å². The fourth-order valence-corrected chi connectivity index (χ4v) is 1.61. The first kappa shape index (κ1) is 10.5. The van der Waals surface area contributed by atoms with Crippen LogP contribution in [-0.4, -0.2) is 16.9 Å². The summed E-state index contributed by atoms with van der Waals surface area (Å²) in [5.74, 6) is 1.42. The number of nitrogens with zero attached hydrogens (tertiary/aromatic N) is 2. The number of aromatic nitrogens is 2. The number of hydrogen-bond donors (Lipinski definition) is 1. The van der Waals surface area contributed by atoms with Crippen LogP contribution in [0.5, 0.6) is 5.75 Å². The second-order valence-electron chi connectivity index (χ2n) is 3.68. The lowest BCUT2D eigenvalue weighted by Crippen LogP contribution is -2.04. The van der Waals surface area contributed by atoms with E-state index in [-0.39, 0.29) is 0 Å². The van der Waals surface area contributed by atoms with Crippen LogP contribution in [-0.2, 0) is 0 Å². The zero-order chi connectivity index (χ0) is 11.7. The molecular formula is C12H15N3O. The average Bonchev–Trinajstić information content (AvgIpc) is 2.57. The van der Waals surface area contributed by atoms with Crippen molar-refractivity contribution in [1.29, 1.82) is 0 Å². The third-order valence-electron chi connectivity index (χ3n) is 2.72. The number of rotatable bonds is 2. The second kappa shape index (κ2) is 3.89. The summed E-state index contributed by atoms with van der Waals surface area (Å²) in [5, 5.41) is 4.40. The zero-order valence-electron chi connectivity index (χ0n) is 9.69. The lowest BCUT2D eigenvalue weighted by molar-refractivity contribution is 0.412. The summed E-state index contributed by atoms with van der Waals surface area (Å²) in [6.07, 6.45) is 0. The Hall–Kier alpha value is -1.97. The van der Waals surface area contributed by atoms with Gasteiger partial charge in [0.05, 0.1) is 12.8 Å². The molecule has 0 fully saturated rings. The summed E-state index contributed by atoms with van der Waals surface area (Å²) < 4.78 is 7.00. The van der Waals surface area contributed by atoms with E-state index >= 15 is 0 Å². The number of para-hydroxylation sites is 2. The molecule has 0 aliphatic rings. The van der Waals surface area contributed by atoms with Crippen LogP contribution in [0.4, 0.5) is 5.82 Å². The molecule has 0 radical (unpaired) electrons. The average molecular weight is 217 g/mol. The minimum Gasteiger partial charge on any atom is -0.494 e. The summed E-state index contributed by atoms with van der Waals surface area (Å²) in [6.45, 7) is 3.90. The summed E-state index contributed by atoms with van der Waals surface area (Å²) in [4.78, 5) is 0. The minimum atomic E-state index is 0.655. The van der Waals surface area contributed by atoms with Gasteiger partial charge in [-0.15, -0.1) is 0 Å². The Balaban J connectivity index is 2.63. The first-order valence-corrected chi connectivity index (χ1v) is 5.10. The predicted octanol–water partition coefficient (Wildman–Crippen LogP) is 2.08. The van der Waals surface area contributed by atoms with Crippen molar-refractivity contribution < 1.29 is 4.74 Å². The Morgan fingerprint density at radius 1 is 1.25 bits per heavy atom. The van der Waals surface area contributed by atoms with Crippen molar-refractivity contribution in [2.45, 2.75) is 13.8 Å². The highest BCUT2D eigenvalue weighted by molar-refractivity contribution is 5.54. The molecule has 0 saturated heterocycles. The zero-order valence-corrected chi connectivity index (χ0v) is 9.69. The molecule has 0 aliphatic heterocycles. The van der Waals surface area contributed by atoms with Gasteiger partial charge in [-0.3, -0.25) is 0 Å². The second-order valence-corrected chi connectivity index (χ2v) is 3.68. The van der Waals surface area contributed by atoms with Gasteiger partial charge in [0.25, 0.3) is 0 Å². The van der Waals surface area contributed by atoms with Crippen LogP contribution in [0, 0.1) is 13.8 Å². The molecular weight excluding hydrogens is 202 g/mol. The number of anilines is 1. The van der Waals surface area contributed by atoms with E-state index in [9.17, 15) is 0 Å². The molecule has 4 heteroatoms. The number of ether oxygens (including phenoxy) is 1. The number of methoxy groups -OCH3 is 1. The molecule has 0 saturated carbocycles. The molecule has 1 heterocycles. The molecule has 0 atom stereocenters. The maximum Gasteiger partial charge on any atom is 0.144 e. The molecule has 0 spiro atoms. The highest BCUT2D eigenvalue weighted by Crippen LogP contribution is 2.26. The molecule has 0 aliphatic carbocycles. The normalized spacial score (nSPS) is 10.4. The number of hydrogen-bond acceptors (Lipinski definition) is 3. The van der Waals surface area contributed by atoms with Gasteiger partial charge < -0.3 is 10.5 Å². The first-order valence-electron chi connectivity index (χ1n) is 5.10. The molecule has 84 valence electrons. The minimum absolute atomic E-state index is 0.655. The summed E-state index contributed by atoms with van der Waals surface area (Å²) in [6, 6.07) is 7.67. The quantitative estimate of drug-likeness (QED) is 0.837. The molecule has 2 aromatic rings. The van der Waals surface area contributed by atoms with Crippen molar-refractivity contribution in [2.24, 2.45) is 0 Å². The fraction of sp³-hybridized carbons (Fsp3) is 0.250. The highest BCUT2D eigenvalue weighted by atomic mass is 16.5. The molecule has 2 N–H and O–H groups in total. The van der Waals surface area contributed by atoms with E-state index < -0.39 is 0 Å². The Bertz CT molecular complexity index is 517. The molecule has 0 amide bonds. The topological polar surface area (TPSA) is 53.1 Å². The predicted molar refractivity (Wildman–Crippen MR) is 64.0 cm³/mol. The van der Waals surface area contributed by atoms with E-state index in [4.69, 9.17) is 10.5 Å². The van der Waals surface area contributed by atoms with Gasteiger partial charge in [-0.1, -0.05) is 12.1 Å². The van der Waals surface area contributed by atoms with Gasteiger partial charge >= 0.3 is 0 Å². The van der Waals surface area contributed by atoms with Gasteiger partial charge in [0.1, 0.15) is 17.3 Å². The third-order valence-corrected chi connectivity index (χ3v) is 2.72. The highest BCUT2D eigenvalue weighted by Gasteiger charge is 2.12. The van der Waals surface area contributed by atoms with Crippen LogP contribution in [0.1, 0.15) is 11.3 Å². The van der Waals surface area contributed by atoms with Crippen LogP contribution in [0.2, 0.25) is 0 Å². The maximum atomic E-state index is 6.00. The van der Waals surface area contributed by atoms with Gasteiger partial charge in [-0.2, -0.15) is 5.10 Å². The number of nitrogen functional groups attached to an aromatic ring is 1. The van der Waals surface area contributed by atoms with Crippen molar-refractivity contribution >= 4 is 5.82 Å². The summed E-state index contributed by atoms with van der Waals surface area (Å²) >= 11 is 0. The van der Waals surface area contributed by atoms with Crippen molar-refractivity contribution in [3.63, 3.8) is 0 Å². The standard InChI is InChI=1S/C12H15N3O/c1-8-9(2)14-15(12(8)13)10-6-4-5-7-11(10)16-3/h4-7H,13H2,1-3H3. The third kappa shape index (κ3) is 1.52. The summed E-state index contributed by atoms with van der Waals surface area (Å²) in [5.41, 5.74) is 8.80. The van der Waals surface area contributed by atoms with Crippen LogP contribution in [0.15, 0.2) is 24.3 Å². The van der Waals surface area contributed by atoms with E-state index in [1.165, 1.54) is 0 Å². The molecule has 1 aromatic carbocycles. The number of benzene rings is 1. The van der Waals surface area contributed by atoms with Gasteiger partial charge in [-0.25, -0.2) is 4.68 Å². The number of nitrogens with two attached hydrogens (primary N) is 1. The van der Waals surface area contributed by atoms with E-state index in [0.29, 0.717) is 5.82 Å². The van der Waals surface area contributed by atoms with E-state index in [2.05, 4.69) is 5.10 Å². The molecule has 1 aromatic heterocycles. The molecule has 2 rings (SSSR count). The van der Waals surface area contributed by atoms with Crippen molar-refractivity contribution in [1.82, 2.24) is 9.78 Å². The first-order chi connectivity index (χ1) is 7.65. The molecule has 0 bridgehead atoms. The van der Waals surface area contributed by atoms with Crippen molar-refractivity contribution in [3.8, 4) is 11.4 Å². The van der Waals surface area contributed by atoms with Crippen LogP contribution >= 0.6 is 0 Å². The van der Waals surface area contributed by atoms with Gasteiger partial charge in [0.2, 0.25) is 0 Å². The van der Waals surface area contributed by atoms with Gasteiger partial charge in [0, 0.05) is 5.56 Å². The van der Waals surface area contributed by atoms with E-state index in [0.717, 1.165) is 22.7 Å². The molecule has 4 nitrogen and oxygen atoms in total. The Kier molecular flexibility index (Phi) is 2.56. The Labute approximate surface area is 94.6 Å². The fourth-order valence-electron chi connectivity index (χ4n) is 1.61. The Morgan fingerprint density at radius 2 is 1.94 bits per heavy atom. The van der Waals surface area contributed by atoms with Crippen LogP contribution in [0.25, 0.3) is 5.69 Å². The van der Waals surface area contributed by atoms with Crippen molar-refractivity contribution in [2.75, 3.05) is 12.8 Å². The number of aryl methyl sites for hydroxylation is 1. The summed E-state index contributed by atoms with van der Waals surface area (Å²) in [7, 11) is 1.64. The Morgan fingerprint density at radius 3 is 2.50 bits per heavy atom. The lowest BCUT2D eigenvalue weighted by Gasteiger charge is -2.09. The molecule has 0 unspecified atom stereocenters. The van der Waals surface area contributed by atoms with Crippen molar-refractivity contribution in [3.05, 3.63) is 35.5 Å². The largest absolute Gasteiger partial charge is 0.494 e. The monoisotopic (exact) mass is 217 g/mol.